The molecule has 0 atom stereocenters. The Morgan fingerprint density at radius 2 is 2.00 bits per heavy atom. The maximum atomic E-state index is 12.1. The second kappa shape index (κ2) is 7.57. The SMILES string of the molecule is CN1N=C(C(=O)NCCCN2CCc3ccccc3C2)CCC1=O. The lowest BCUT2D eigenvalue weighted by Gasteiger charge is -2.28. The highest BCUT2D eigenvalue weighted by molar-refractivity contribution is 6.39. The maximum absolute atomic E-state index is 12.1. The first-order valence-corrected chi connectivity index (χ1v) is 8.55. The smallest absolute Gasteiger partial charge is 0.267 e. The summed E-state index contributed by atoms with van der Waals surface area (Å²) in [5.41, 5.74) is 3.32. The molecule has 6 heteroatoms. The van der Waals surface area contributed by atoms with Crippen LogP contribution in [0.4, 0.5) is 0 Å². The van der Waals surface area contributed by atoms with Crippen molar-refractivity contribution in [3.05, 3.63) is 35.4 Å². The third-order valence-electron chi connectivity index (χ3n) is 4.62. The number of hydrogen-bond acceptors (Lipinski definition) is 4. The van der Waals surface area contributed by atoms with Gasteiger partial charge < -0.3 is 5.32 Å². The molecule has 0 unspecified atom stereocenters. The van der Waals surface area contributed by atoms with Crippen molar-refractivity contribution in [1.82, 2.24) is 15.2 Å². The van der Waals surface area contributed by atoms with E-state index in [-0.39, 0.29) is 11.8 Å². The van der Waals surface area contributed by atoms with Crippen molar-refractivity contribution in [2.24, 2.45) is 5.10 Å². The molecule has 3 rings (SSSR count). The lowest BCUT2D eigenvalue weighted by atomic mass is 10.00. The summed E-state index contributed by atoms with van der Waals surface area (Å²) in [4.78, 5) is 25.9. The Bertz CT molecular complexity index is 656. The molecule has 0 aliphatic carbocycles. The summed E-state index contributed by atoms with van der Waals surface area (Å²) in [7, 11) is 1.59. The zero-order valence-electron chi connectivity index (χ0n) is 14.1. The number of hydrogen-bond donors (Lipinski definition) is 1. The Morgan fingerprint density at radius 3 is 2.79 bits per heavy atom. The minimum atomic E-state index is -0.154. The molecule has 2 amide bonds. The number of benzene rings is 1. The fourth-order valence-electron chi connectivity index (χ4n) is 3.18. The summed E-state index contributed by atoms with van der Waals surface area (Å²) in [6.45, 7) is 3.67. The van der Waals surface area contributed by atoms with E-state index in [0.717, 1.165) is 32.5 Å². The molecule has 24 heavy (non-hydrogen) atoms. The van der Waals surface area contributed by atoms with Gasteiger partial charge >= 0.3 is 0 Å². The van der Waals surface area contributed by atoms with E-state index in [4.69, 9.17) is 0 Å². The van der Waals surface area contributed by atoms with Crippen LogP contribution in [-0.2, 0) is 22.6 Å². The third-order valence-corrected chi connectivity index (χ3v) is 4.62. The molecular weight excluding hydrogens is 304 g/mol. The van der Waals surface area contributed by atoms with Crippen molar-refractivity contribution in [2.45, 2.75) is 32.2 Å². The van der Waals surface area contributed by atoms with Crippen LogP contribution in [0.1, 0.15) is 30.4 Å². The number of nitrogens with zero attached hydrogens (tertiary/aromatic N) is 3. The first kappa shape index (κ1) is 16.6. The van der Waals surface area contributed by atoms with Crippen molar-refractivity contribution >= 4 is 17.5 Å². The zero-order chi connectivity index (χ0) is 16.9. The van der Waals surface area contributed by atoms with Gasteiger partial charge in [0.05, 0.1) is 0 Å². The van der Waals surface area contributed by atoms with Gasteiger partial charge in [0.2, 0.25) is 5.91 Å². The lowest BCUT2D eigenvalue weighted by Crippen LogP contribution is -2.39. The minimum Gasteiger partial charge on any atom is -0.351 e. The van der Waals surface area contributed by atoms with Gasteiger partial charge in [-0.25, -0.2) is 5.01 Å². The van der Waals surface area contributed by atoms with Gasteiger partial charge in [-0.1, -0.05) is 24.3 Å². The van der Waals surface area contributed by atoms with Crippen LogP contribution in [0.3, 0.4) is 0 Å². The van der Waals surface area contributed by atoms with E-state index in [1.54, 1.807) is 7.05 Å². The van der Waals surface area contributed by atoms with Crippen LogP contribution in [0, 0.1) is 0 Å². The molecule has 1 aromatic rings. The van der Waals surface area contributed by atoms with E-state index in [1.807, 2.05) is 0 Å². The quantitative estimate of drug-likeness (QED) is 0.825. The van der Waals surface area contributed by atoms with Crippen LogP contribution < -0.4 is 5.32 Å². The molecule has 2 aliphatic heterocycles. The first-order valence-electron chi connectivity index (χ1n) is 8.55. The molecule has 0 saturated heterocycles. The highest BCUT2D eigenvalue weighted by atomic mass is 16.2. The van der Waals surface area contributed by atoms with Crippen molar-refractivity contribution in [2.75, 3.05) is 26.7 Å². The molecule has 2 heterocycles. The van der Waals surface area contributed by atoms with Crippen molar-refractivity contribution < 1.29 is 9.59 Å². The molecule has 1 N–H and O–H groups in total. The second-order valence-electron chi connectivity index (χ2n) is 6.37. The molecule has 0 radical (unpaired) electrons. The Labute approximate surface area is 142 Å². The molecule has 0 spiro atoms. The van der Waals surface area contributed by atoms with Crippen LogP contribution in [0.2, 0.25) is 0 Å². The van der Waals surface area contributed by atoms with Crippen LogP contribution in [0.25, 0.3) is 0 Å². The molecule has 128 valence electrons. The number of rotatable bonds is 5. The molecule has 6 nitrogen and oxygen atoms in total. The van der Waals surface area contributed by atoms with Crippen LogP contribution in [-0.4, -0.2) is 54.1 Å². The number of fused-ring (bicyclic) bond motifs is 1. The molecular formula is C18H24N4O2. The predicted molar refractivity (Wildman–Crippen MR) is 92.5 cm³/mol. The summed E-state index contributed by atoms with van der Waals surface area (Å²) in [6, 6.07) is 8.60. The average molecular weight is 328 g/mol. The Kier molecular flexibility index (Phi) is 5.25. The normalized spacial score (nSPS) is 18.1. The fraction of sp³-hybridized carbons (Fsp3) is 0.500. The van der Waals surface area contributed by atoms with Gasteiger partial charge in [-0.3, -0.25) is 14.5 Å². The maximum Gasteiger partial charge on any atom is 0.267 e. The van der Waals surface area contributed by atoms with Crippen LogP contribution in [0.15, 0.2) is 29.4 Å². The monoisotopic (exact) mass is 328 g/mol. The second-order valence-corrected chi connectivity index (χ2v) is 6.37. The minimum absolute atomic E-state index is 0.0445. The number of nitrogens with one attached hydrogen (secondary N) is 1. The van der Waals surface area contributed by atoms with E-state index in [0.29, 0.717) is 25.1 Å². The summed E-state index contributed by atoms with van der Waals surface area (Å²) in [6.07, 6.45) is 2.80. The predicted octanol–water partition coefficient (Wildman–Crippen LogP) is 1.16. The summed E-state index contributed by atoms with van der Waals surface area (Å²) >= 11 is 0. The van der Waals surface area contributed by atoms with E-state index in [2.05, 4.69) is 39.6 Å². The third kappa shape index (κ3) is 4.00. The first-order chi connectivity index (χ1) is 11.6. The summed E-state index contributed by atoms with van der Waals surface area (Å²) < 4.78 is 0. The molecule has 0 saturated carbocycles. The lowest BCUT2D eigenvalue weighted by molar-refractivity contribution is -0.130. The van der Waals surface area contributed by atoms with Crippen LogP contribution >= 0.6 is 0 Å². The van der Waals surface area contributed by atoms with E-state index < -0.39 is 0 Å². The van der Waals surface area contributed by atoms with Gasteiger partial charge in [0.15, 0.2) is 0 Å². The van der Waals surface area contributed by atoms with Gasteiger partial charge in [-0.05, 0) is 24.0 Å². The van der Waals surface area contributed by atoms with E-state index >= 15 is 0 Å². The zero-order valence-corrected chi connectivity index (χ0v) is 14.1. The number of carbonyl (C=O) groups is 2. The summed E-state index contributed by atoms with van der Waals surface area (Å²) in [5.74, 6) is -0.199. The Morgan fingerprint density at radius 1 is 1.21 bits per heavy atom. The molecule has 0 fully saturated rings. The molecule has 2 aliphatic rings. The highest BCUT2D eigenvalue weighted by Crippen LogP contribution is 2.18. The van der Waals surface area contributed by atoms with E-state index in [9.17, 15) is 9.59 Å². The largest absolute Gasteiger partial charge is 0.351 e. The Hall–Kier alpha value is -2.21. The fourth-order valence-corrected chi connectivity index (χ4v) is 3.18. The van der Waals surface area contributed by atoms with Crippen molar-refractivity contribution in [3.63, 3.8) is 0 Å². The highest BCUT2D eigenvalue weighted by Gasteiger charge is 2.21. The topological polar surface area (TPSA) is 65.0 Å². The average Bonchev–Trinajstić information content (AvgIpc) is 2.60. The van der Waals surface area contributed by atoms with Crippen molar-refractivity contribution in [1.29, 1.82) is 0 Å². The van der Waals surface area contributed by atoms with Gasteiger partial charge in [0, 0.05) is 46.1 Å². The molecule has 1 aromatic carbocycles. The van der Waals surface area contributed by atoms with E-state index in [1.165, 1.54) is 16.1 Å². The van der Waals surface area contributed by atoms with Crippen LogP contribution in [0.5, 0.6) is 0 Å². The molecule has 0 aromatic heterocycles. The summed E-state index contributed by atoms with van der Waals surface area (Å²) in [5, 5.41) is 8.20. The number of amides is 2. The van der Waals surface area contributed by atoms with Gasteiger partial charge in [0.25, 0.3) is 5.91 Å². The van der Waals surface area contributed by atoms with Gasteiger partial charge in [0.1, 0.15) is 5.71 Å². The standard InChI is InChI=1S/C18H24N4O2/c1-21-17(23)8-7-16(20-21)18(24)19-10-4-11-22-12-9-14-5-2-3-6-15(14)13-22/h2-3,5-6H,4,7-13H2,1H3,(H,19,24). The number of hydrazone groups is 1. The van der Waals surface area contributed by atoms with Crippen molar-refractivity contribution in [3.8, 4) is 0 Å². The molecule has 0 bridgehead atoms. The van der Waals surface area contributed by atoms with Gasteiger partial charge in [-0.15, -0.1) is 0 Å². The Balaban J connectivity index is 1.39. The van der Waals surface area contributed by atoms with Gasteiger partial charge in [-0.2, -0.15) is 5.10 Å². The number of carbonyl (C=O) groups excluding carboxylic acids is 2.